The molecule has 1 atom stereocenters. The Kier molecular flexibility index (Phi) is 7.01. The third kappa shape index (κ3) is 5.62. The van der Waals surface area contributed by atoms with Gasteiger partial charge < -0.3 is 15.0 Å². The van der Waals surface area contributed by atoms with Gasteiger partial charge in [0, 0.05) is 32.7 Å². The third-order valence-electron chi connectivity index (χ3n) is 5.15. The molecule has 8 heteroatoms. The number of rotatable bonds is 7. The molecule has 140 valence electrons. The number of nitrogens with one attached hydrogen (secondary N) is 2. The lowest BCUT2D eigenvalue weighted by Crippen LogP contribution is -2.34. The van der Waals surface area contributed by atoms with Crippen molar-refractivity contribution in [1.29, 1.82) is 0 Å². The fraction of sp³-hybridized carbons (Fsp3) is 0.824. The van der Waals surface area contributed by atoms with Gasteiger partial charge in [0.05, 0.1) is 6.61 Å². The Bertz CT molecular complexity index is 547. The highest BCUT2D eigenvalue weighted by Crippen LogP contribution is 2.35. The highest BCUT2D eigenvalue weighted by atomic mass is 32.1. The molecule has 1 aromatic rings. The molecule has 2 heterocycles. The van der Waals surface area contributed by atoms with Crippen molar-refractivity contribution in [3.8, 4) is 0 Å². The summed E-state index contributed by atoms with van der Waals surface area (Å²) < 4.78 is 5.12. The van der Waals surface area contributed by atoms with Gasteiger partial charge >= 0.3 is 6.03 Å². The van der Waals surface area contributed by atoms with E-state index in [1.807, 2.05) is 0 Å². The molecule has 7 nitrogen and oxygen atoms in total. The van der Waals surface area contributed by atoms with Gasteiger partial charge in [0.1, 0.15) is 5.01 Å². The topological polar surface area (TPSA) is 79.4 Å². The second-order valence-electron chi connectivity index (χ2n) is 7.06. The number of urea groups is 1. The predicted molar refractivity (Wildman–Crippen MR) is 99.2 cm³/mol. The molecular formula is C17H29N5O2S. The number of anilines is 1. The lowest BCUT2D eigenvalue weighted by atomic mass is 9.90. The number of nitrogens with zero attached hydrogens (tertiary/aromatic N) is 3. The first kappa shape index (κ1) is 18.5. The number of hydrogen-bond donors (Lipinski definition) is 2. The Hall–Kier alpha value is -1.25. The van der Waals surface area contributed by atoms with Crippen LogP contribution >= 0.6 is 11.3 Å². The maximum Gasteiger partial charge on any atom is 0.321 e. The van der Waals surface area contributed by atoms with Gasteiger partial charge in [0.15, 0.2) is 0 Å². The van der Waals surface area contributed by atoms with Crippen LogP contribution in [0.4, 0.5) is 9.93 Å². The molecule has 3 rings (SSSR count). The molecule has 2 fully saturated rings. The summed E-state index contributed by atoms with van der Waals surface area (Å²) >= 11 is 1.52. The summed E-state index contributed by atoms with van der Waals surface area (Å²) in [6.45, 7) is 4.53. The second kappa shape index (κ2) is 9.45. The van der Waals surface area contributed by atoms with Crippen molar-refractivity contribution in [2.75, 3.05) is 45.2 Å². The Balaban J connectivity index is 1.37. The van der Waals surface area contributed by atoms with E-state index in [0.29, 0.717) is 23.5 Å². The molecule has 1 saturated heterocycles. The van der Waals surface area contributed by atoms with Crippen molar-refractivity contribution in [2.45, 2.75) is 44.4 Å². The fourth-order valence-corrected chi connectivity index (χ4v) is 4.59. The van der Waals surface area contributed by atoms with E-state index in [-0.39, 0.29) is 6.03 Å². The van der Waals surface area contributed by atoms with Gasteiger partial charge in [-0.25, -0.2) is 4.79 Å². The number of carbonyl (C=O) groups is 1. The first-order valence-corrected chi connectivity index (χ1v) is 10.2. The molecular weight excluding hydrogens is 338 g/mol. The first-order chi connectivity index (χ1) is 12.2. The van der Waals surface area contributed by atoms with Crippen LogP contribution in [-0.2, 0) is 4.74 Å². The summed E-state index contributed by atoms with van der Waals surface area (Å²) in [4.78, 5) is 14.5. The molecule has 0 bridgehead atoms. The number of methoxy groups -OCH3 is 1. The van der Waals surface area contributed by atoms with Crippen molar-refractivity contribution in [3.63, 3.8) is 0 Å². The zero-order valence-corrected chi connectivity index (χ0v) is 15.8. The highest BCUT2D eigenvalue weighted by molar-refractivity contribution is 7.15. The van der Waals surface area contributed by atoms with Crippen LogP contribution in [0.5, 0.6) is 0 Å². The Morgan fingerprint density at radius 1 is 1.28 bits per heavy atom. The molecule has 0 spiro atoms. The van der Waals surface area contributed by atoms with Crippen LogP contribution in [0.3, 0.4) is 0 Å². The molecule has 0 aromatic carbocycles. The summed E-state index contributed by atoms with van der Waals surface area (Å²) in [5.41, 5.74) is 0. The molecule has 25 heavy (non-hydrogen) atoms. The van der Waals surface area contributed by atoms with E-state index in [0.717, 1.165) is 37.7 Å². The zero-order chi connectivity index (χ0) is 17.5. The molecule has 2 N–H and O–H groups in total. The predicted octanol–water partition coefficient (Wildman–Crippen LogP) is 2.68. The van der Waals surface area contributed by atoms with Crippen LogP contribution in [-0.4, -0.2) is 61.0 Å². The van der Waals surface area contributed by atoms with Crippen molar-refractivity contribution >= 4 is 22.5 Å². The van der Waals surface area contributed by atoms with Gasteiger partial charge in [-0.2, -0.15) is 0 Å². The maximum atomic E-state index is 12.1. The number of amides is 2. The maximum absolute atomic E-state index is 12.1. The summed E-state index contributed by atoms with van der Waals surface area (Å²) in [5, 5.41) is 15.9. The van der Waals surface area contributed by atoms with Gasteiger partial charge in [-0.3, -0.25) is 5.32 Å². The van der Waals surface area contributed by atoms with Crippen LogP contribution in [0.25, 0.3) is 0 Å². The summed E-state index contributed by atoms with van der Waals surface area (Å²) in [6.07, 6.45) is 7.39. The van der Waals surface area contributed by atoms with Crippen LogP contribution in [0.1, 0.15) is 49.5 Å². The number of aromatic nitrogens is 2. The quantitative estimate of drug-likeness (QED) is 0.774. The molecule has 2 amide bonds. The minimum atomic E-state index is -0.179. The van der Waals surface area contributed by atoms with Gasteiger partial charge in [-0.15, -0.1) is 10.2 Å². The van der Waals surface area contributed by atoms with E-state index in [4.69, 9.17) is 4.74 Å². The van der Waals surface area contributed by atoms with Crippen molar-refractivity contribution in [3.05, 3.63) is 5.01 Å². The van der Waals surface area contributed by atoms with Crippen LogP contribution in [0.2, 0.25) is 0 Å². The van der Waals surface area contributed by atoms with E-state index >= 15 is 0 Å². The van der Waals surface area contributed by atoms with Gasteiger partial charge in [-0.05, 0) is 31.7 Å². The number of likely N-dealkylation sites (tertiary alicyclic amines) is 1. The van der Waals surface area contributed by atoms with E-state index in [1.54, 1.807) is 7.11 Å². The minimum Gasteiger partial charge on any atom is -0.383 e. The Morgan fingerprint density at radius 2 is 2.12 bits per heavy atom. The smallest absolute Gasteiger partial charge is 0.321 e. The summed E-state index contributed by atoms with van der Waals surface area (Å²) in [6, 6.07) is -0.179. The van der Waals surface area contributed by atoms with Crippen molar-refractivity contribution in [1.82, 2.24) is 20.4 Å². The molecule has 1 saturated carbocycles. The van der Waals surface area contributed by atoms with Crippen molar-refractivity contribution < 1.29 is 9.53 Å². The van der Waals surface area contributed by atoms with Gasteiger partial charge in [0.25, 0.3) is 0 Å². The minimum absolute atomic E-state index is 0.179. The SMILES string of the molecule is COCCN1CCC(CNC(=O)Nc2nnc(C3CCCCC3)s2)C1. The normalized spacial score (nSPS) is 22.2. The van der Waals surface area contributed by atoms with Crippen LogP contribution in [0.15, 0.2) is 0 Å². The van der Waals surface area contributed by atoms with Crippen LogP contribution in [0, 0.1) is 5.92 Å². The monoisotopic (exact) mass is 367 g/mol. The molecule has 0 radical (unpaired) electrons. The summed E-state index contributed by atoms with van der Waals surface area (Å²) in [5.74, 6) is 1.04. The standard InChI is InChI=1S/C17H29N5O2S/c1-24-10-9-22-8-7-13(12-22)11-18-16(23)19-17-21-20-15(25-17)14-5-3-2-4-6-14/h13-14H,2-12H2,1H3,(H2,18,19,21,23). The lowest BCUT2D eigenvalue weighted by molar-refractivity contribution is 0.159. The lowest BCUT2D eigenvalue weighted by Gasteiger charge is -2.18. The average Bonchev–Trinajstić information content (AvgIpc) is 3.28. The van der Waals surface area contributed by atoms with Crippen LogP contribution < -0.4 is 10.6 Å². The number of hydrogen-bond acceptors (Lipinski definition) is 6. The molecule has 1 aliphatic carbocycles. The Morgan fingerprint density at radius 3 is 2.92 bits per heavy atom. The second-order valence-corrected chi connectivity index (χ2v) is 8.07. The van der Waals surface area contributed by atoms with E-state index in [2.05, 4.69) is 25.7 Å². The van der Waals surface area contributed by atoms with E-state index < -0.39 is 0 Å². The van der Waals surface area contributed by atoms with Gasteiger partial charge in [0.2, 0.25) is 5.13 Å². The van der Waals surface area contributed by atoms with Gasteiger partial charge in [-0.1, -0.05) is 30.6 Å². The third-order valence-corrected chi connectivity index (χ3v) is 6.15. The fourth-order valence-electron chi connectivity index (χ4n) is 3.68. The molecule has 1 unspecified atom stereocenters. The highest BCUT2D eigenvalue weighted by Gasteiger charge is 2.23. The number of ether oxygens (including phenoxy) is 1. The van der Waals surface area contributed by atoms with E-state index in [1.165, 1.54) is 43.4 Å². The van der Waals surface area contributed by atoms with Crippen molar-refractivity contribution in [2.24, 2.45) is 5.92 Å². The Labute approximate surface area is 153 Å². The molecule has 2 aliphatic rings. The molecule has 1 aliphatic heterocycles. The zero-order valence-electron chi connectivity index (χ0n) is 15.0. The first-order valence-electron chi connectivity index (χ1n) is 9.34. The largest absolute Gasteiger partial charge is 0.383 e. The average molecular weight is 368 g/mol. The number of carbonyl (C=O) groups excluding carboxylic acids is 1. The summed E-state index contributed by atoms with van der Waals surface area (Å²) in [7, 11) is 1.73. The van der Waals surface area contributed by atoms with E-state index in [9.17, 15) is 4.79 Å². The molecule has 1 aromatic heterocycles.